The fourth-order valence-electron chi connectivity index (χ4n) is 3.81. The fraction of sp³-hybridized carbons (Fsp3) is 0.273. The number of hydrogen-bond acceptors (Lipinski definition) is 1. The van der Waals surface area contributed by atoms with Gasteiger partial charge < -0.3 is 10.3 Å². The van der Waals surface area contributed by atoms with Crippen LogP contribution < -0.4 is 5.32 Å². The van der Waals surface area contributed by atoms with Gasteiger partial charge in [-0.3, -0.25) is 0 Å². The van der Waals surface area contributed by atoms with E-state index in [1.807, 2.05) is 12.3 Å². The van der Waals surface area contributed by atoms with Gasteiger partial charge in [-0.15, -0.1) is 0 Å². The normalized spacial score (nSPS) is 17.6. The molecule has 2 heterocycles. The Balaban J connectivity index is 1.37. The van der Waals surface area contributed by atoms with Crippen molar-refractivity contribution in [2.24, 2.45) is 0 Å². The zero-order valence-corrected chi connectivity index (χ0v) is 14.3. The van der Waals surface area contributed by atoms with Crippen molar-refractivity contribution in [1.82, 2.24) is 10.3 Å². The summed E-state index contributed by atoms with van der Waals surface area (Å²) in [5.74, 6) is -0.157. The van der Waals surface area contributed by atoms with E-state index in [-0.39, 0.29) is 5.82 Å². The summed E-state index contributed by atoms with van der Waals surface area (Å²) < 4.78 is 13.8. The number of nitrogens with one attached hydrogen (secondary N) is 2. The molecule has 1 aliphatic rings. The van der Waals surface area contributed by atoms with Gasteiger partial charge in [0.2, 0.25) is 0 Å². The van der Waals surface area contributed by atoms with E-state index >= 15 is 0 Å². The van der Waals surface area contributed by atoms with Crippen LogP contribution in [0.15, 0.2) is 60.8 Å². The standard InChI is InChI=1S/C22H23FN2/c23-19-13-18(21-10-12-25-22(21)15-19)7-4-8-20-14-17(9-11-24-20)16-5-2-1-3-6-16/h1-3,5-6,9-10,12-13,15,20,24-25H,4,7-8,11,14H2. The average molecular weight is 334 g/mol. The summed E-state index contributed by atoms with van der Waals surface area (Å²) in [6, 6.07) is 16.4. The number of aromatic amines is 1. The van der Waals surface area contributed by atoms with Crippen LogP contribution in [0.4, 0.5) is 4.39 Å². The molecule has 0 aliphatic carbocycles. The van der Waals surface area contributed by atoms with Gasteiger partial charge in [0.25, 0.3) is 0 Å². The molecule has 0 bridgehead atoms. The number of fused-ring (bicyclic) bond motifs is 1. The van der Waals surface area contributed by atoms with Gasteiger partial charge in [0.05, 0.1) is 0 Å². The minimum absolute atomic E-state index is 0.157. The molecule has 2 nitrogen and oxygen atoms in total. The molecule has 0 saturated heterocycles. The summed E-state index contributed by atoms with van der Waals surface area (Å²) in [5.41, 5.74) is 4.75. The highest BCUT2D eigenvalue weighted by Crippen LogP contribution is 2.25. The van der Waals surface area contributed by atoms with Gasteiger partial charge in [-0.25, -0.2) is 4.39 Å². The molecule has 1 unspecified atom stereocenters. The molecule has 3 heteroatoms. The van der Waals surface area contributed by atoms with Crippen LogP contribution >= 0.6 is 0 Å². The van der Waals surface area contributed by atoms with E-state index in [9.17, 15) is 4.39 Å². The van der Waals surface area contributed by atoms with E-state index in [1.54, 1.807) is 12.1 Å². The molecule has 0 fully saturated rings. The Labute approximate surface area is 147 Å². The summed E-state index contributed by atoms with van der Waals surface area (Å²) in [5, 5.41) is 4.73. The number of aryl methyl sites for hydroxylation is 1. The molecule has 1 aromatic heterocycles. The number of halogens is 1. The highest BCUT2D eigenvalue weighted by molar-refractivity contribution is 5.83. The second kappa shape index (κ2) is 7.24. The monoisotopic (exact) mass is 334 g/mol. The molecule has 2 N–H and O–H groups in total. The van der Waals surface area contributed by atoms with Gasteiger partial charge in [-0.05, 0) is 60.6 Å². The first-order chi connectivity index (χ1) is 12.3. The summed E-state index contributed by atoms with van der Waals surface area (Å²) in [4.78, 5) is 3.10. The molecule has 0 spiro atoms. The van der Waals surface area contributed by atoms with Crippen molar-refractivity contribution in [2.75, 3.05) is 6.54 Å². The van der Waals surface area contributed by atoms with Crippen LogP contribution in [0.5, 0.6) is 0 Å². The molecule has 3 aromatic rings. The molecule has 1 aliphatic heterocycles. The van der Waals surface area contributed by atoms with Gasteiger partial charge in [0.1, 0.15) is 5.82 Å². The van der Waals surface area contributed by atoms with Gasteiger partial charge in [-0.1, -0.05) is 36.4 Å². The topological polar surface area (TPSA) is 27.8 Å². The van der Waals surface area contributed by atoms with Crippen LogP contribution in [-0.4, -0.2) is 17.6 Å². The minimum atomic E-state index is -0.157. The SMILES string of the molecule is Fc1cc(CCCC2CC(c3ccccc3)=CCN2)c2cc[nH]c2c1. The lowest BCUT2D eigenvalue weighted by Gasteiger charge is -2.24. The molecule has 2 aromatic carbocycles. The predicted molar refractivity (Wildman–Crippen MR) is 102 cm³/mol. The Morgan fingerprint density at radius 2 is 1.96 bits per heavy atom. The van der Waals surface area contributed by atoms with Crippen molar-refractivity contribution in [2.45, 2.75) is 31.7 Å². The van der Waals surface area contributed by atoms with E-state index in [4.69, 9.17) is 0 Å². The van der Waals surface area contributed by atoms with Crippen LogP contribution in [0.25, 0.3) is 16.5 Å². The maximum absolute atomic E-state index is 13.8. The molecule has 128 valence electrons. The van der Waals surface area contributed by atoms with E-state index < -0.39 is 0 Å². The van der Waals surface area contributed by atoms with E-state index in [0.29, 0.717) is 6.04 Å². The van der Waals surface area contributed by atoms with Gasteiger partial charge in [0, 0.05) is 29.7 Å². The molecule has 1 atom stereocenters. The smallest absolute Gasteiger partial charge is 0.125 e. The number of H-pyrrole nitrogens is 1. The largest absolute Gasteiger partial charge is 0.361 e. The van der Waals surface area contributed by atoms with Crippen LogP contribution in [0, 0.1) is 5.82 Å². The van der Waals surface area contributed by atoms with Gasteiger partial charge in [-0.2, -0.15) is 0 Å². The lowest BCUT2D eigenvalue weighted by atomic mass is 9.92. The lowest BCUT2D eigenvalue weighted by molar-refractivity contribution is 0.485. The number of benzene rings is 2. The Morgan fingerprint density at radius 1 is 1.08 bits per heavy atom. The van der Waals surface area contributed by atoms with Crippen LogP contribution in [-0.2, 0) is 6.42 Å². The summed E-state index contributed by atoms with van der Waals surface area (Å²) in [6.45, 7) is 0.927. The molecule has 0 radical (unpaired) electrons. The predicted octanol–water partition coefficient (Wildman–Crippen LogP) is 5.08. The zero-order valence-electron chi connectivity index (χ0n) is 14.3. The molecule has 0 amide bonds. The average Bonchev–Trinajstić information content (AvgIpc) is 3.11. The quantitative estimate of drug-likeness (QED) is 0.669. The highest BCUT2D eigenvalue weighted by Gasteiger charge is 2.16. The number of rotatable bonds is 5. The first-order valence-corrected chi connectivity index (χ1v) is 9.03. The minimum Gasteiger partial charge on any atom is -0.361 e. The van der Waals surface area contributed by atoms with Crippen LogP contribution in [0.3, 0.4) is 0 Å². The third-order valence-electron chi connectivity index (χ3n) is 5.08. The molecular formula is C22H23FN2. The Morgan fingerprint density at radius 3 is 2.84 bits per heavy atom. The van der Waals surface area contributed by atoms with Crippen molar-refractivity contribution in [3.8, 4) is 0 Å². The second-order valence-corrected chi connectivity index (χ2v) is 6.80. The van der Waals surface area contributed by atoms with E-state index in [2.05, 4.69) is 46.7 Å². The second-order valence-electron chi connectivity index (χ2n) is 6.80. The first kappa shape index (κ1) is 16.1. The molecule has 0 saturated carbocycles. The van der Waals surface area contributed by atoms with Crippen LogP contribution in [0.2, 0.25) is 0 Å². The molecule has 4 rings (SSSR count). The lowest BCUT2D eigenvalue weighted by Crippen LogP contribution is -2.32. The molecule has 25 heavy (non-hydrogen) atoms. The Kier molecular flexibility index (Phi) is 4.66. The first-order valence-electron chi connectivity index (χ1n) is 9.03. The van der Waals surface area contributed by atoms with Crippen molar-refractivity contribution in [3.63, 3.8) is 0 Å². The maximum Gasteiger partial charge on any atom is 0.125 e. The number of hydrogen-bond donors (Lipinski definition) is 2. The Hall–Kier alpha value is -2.39. The summed E-state index contributed by atoms with van der Waals surface area (Å²) in [7, 11) is 0. The fourth-order valence-corrected chi connectivity index (χ4v) is 3.81. The van der Waals surface area contributed by atoms with Crippen molar-refractivity contribution >= 4 is 16.5 Å². The van der Waals surface area contributed by atoms with Crippen molar-refractivity contribution < 1.29 is 4.39 Å². The third-order valence-corrected chi connectivity index (χ3v) is 5.08. The van der Waals surface area contributed by atoms with Crippen molar-refractivity contribution in [3.05, 3.63) is 77.7 Å². The highest BCUT2D eigenvalue weighted by atomic mass is 19.1. The van der Waals surface area contributed by atoms with Crippen molar-refractivity contribution in [1.29, 1.82) is 0 Å². The molecular weight excluding hydrogens is 311 g/mol. The number of aromatic nitrogens is 1. The van der Waals surface area contributed by atoms with Gasteiger partial charge >= 0.3 is 0 Å². The third kappa shape index (κ3) is 3.67. The van der Waals surface area contributed by atoms with Gasteiger partial charge in [0.15, 0.2) is 0 Å². The summed E-state index contributed by atoms with van der Waals surface area (Å²) in [6.07, 6.45) is 8.31. The van der Waals surface area contributed by atoms with E-state index in [1.165, 1.54) is 11.1 Å². The zero-order chi connectivity index (χ0) is 17.1. The Bertz CT molecular complexity index is 879. The summed E-state index contributed by atoms with van der Waals surface area (Å²) >= 11 is 0. The van der Waals surface area contributed by atoms with Crippen LogP contribution in [0.1, 0.15) is 30.4 Å². The van der Waals surface area contributed by atoms with E-state index in [0.717, 1.165) is 48.7 Å². The maximum atomic E-state index is 13.8.